The van der Waals surface area contributed by atoms with Crippen molar-refractivity contribution >= 4 is 11.9 Å². The van der Waals surface area contributed by atoms with Gasteiger partial charge in [0.05, 0.1) is 5.56 Å². The van der Waals surface area contributed by atoms with Crippen molar-refractivity contribution in [2.24, 2.45) is 5.73 Å². The molecule has 0 aliphatic rings. The molecule has 0 fully saturated rings. The van der Waals surface area contributed by atoms with Crippen molar-refractivity contribution in [2.45, 2.75) is 6.42 Å². The summed E-state index contributed by atoms with van der Waals surface area (Å²) in [4.78, 5) is 10.7. The molecule has 1 rings (SSSR count). The largest absolute Gasteiger partial charge is 0.478 e. The summed E-state index contributed by atoms with van der Waals surface area (Å²) in [6, 6.07) is 6.70. The lowest BCUT2D eigenvalue weighted by molar-refractivity contribution is 0.0697. The Kier molecular flexibility index (Phi) is 3.68. The van der Waals surface area contributed by atoms with E-state index in [1.165, 1.54) is 0 Å². The Morgan fingerprint density at radius 3 is 2.87 bits per heavy atom. The molecular weight excluding hydrogens is 194 g/mol. The van der Waals surface area contributed by atoms with E-state index >= 15 is 0 Å². The molecule has 0 saturated heterocycles. The number of hydrogen-bond acceptors (Lipinski definition) is 2. The maximum Gasteiger partial charge on any atom is 0.335 e. The summed E-state index contributed by atoms with van der Waals surface area (Å²) in [5.41, 5.74) is 6.29. The Labute approximate surface area is 87.4 Å². The fraction of sp³-hybridized carbons (Fsp3) is 0.200. The van der Waals surface area contributed by atoms with Crippen molar-refractivity contribution in [2.75, 3.05) is 6.54 Å². The predicted molar refractivity (Wildman–Crippen MR) is 57.0 cm³/mol. The molecule has 0 heterocycles. The van der Waals surface area contributed by atoms with E-state index in [4.69, 9.17) is 16.2 Å². The molecule has 0 radical (unpaired) electrons. The van der Waals surface area contributed by atoms with E-state index in [0.29, 0.717) is 13.0 Å². The fourth-order valence-corrected chi connectivity index (χ4v) is 1.20. The zero-order chi connectivity index (χ0) is 11.3. The molecule has 0 unspecified atom stereocenters. The molecule has 80 valence electrons. The van der Waals surface area contributed by atoms with Crippen LogP contribution in [0.25, 0.3) is 0 Å². The molecule has 1 aromatic rings. The number of benzene rings is 1. The van der Waals surface area contributed by atoms with Crippen LogP contribution >= 0.6 is 0 Å². The van der Waals surface area contributed by atoms with E-state index in [2.05, 4.69) is 5.32 Å². The lowest BCUT2D eigenvalue weighted by Crippen LogP contribution is -2.31. The molecule has 5 nitrogen and oxygen atoms in total. The van der Waals surface area contributed by atoms with Gasteiger partial charge in [0.15, 0.2) is 5.96 Å². The van der Waals surface area contributed by atoms with Gasteiger partial charge in [0.25, 0.3) is 0 Å². The van der Waals surface area contributed by atoms with Crippen molar-refractivity contribution in [3.63, 3.8) is 0 Å². The zero-order valence-corrected chi connectivity index (χ0v) is 8.16. The maximum atomic E-state index is 10.7. The second-order valence-corrected chi connectivity index (χ2v) is 3.10. The van der Waals surface area contributed by atoms with Gasteiger partial charge in [-0.15, -0.1) is 0 Å². The summed E-state index contributed by atoms with van der Waals surface area (Å²) in [6.07, 6.45) is 0.640. The SMILES string of the molecule is N=C(N)NCCc1cccc(C(=O)O)c1. The number of nitrogens with one attached hydrogen (secondary N) is 2. The van der Waals surface area contributed by atoms with Crippen LogP contribution in [0.5, 0.6) is 0 Å². The van der Waals surface area contributed by atoms with E-state index in [1.54, 1.807) is 18.2 Å². The van der Waals surface area contributed by atoms with Crippen LogP contribution in [0.3, 0.4) is 0 Å². The minimum Gasteiger partial charge on any atom is -0.478 e. The van der Waals surface area contributed by atoms with Crippen LogP contribution in [0.15, 0.2) is 24.3 Å². The molecule has 0 aliphatic carbocycles. The van der Waals surface area contributed by atoms with E-state index in [9.17, 15) is 4.79 Å². The van der Waals surface area contributed by atoms with Gasteiger partial charge in [0, 0.05) is 6.54 Å². The van der Waals surface area contributed by atoms with Crippen LogP contribution in [0, 0.1) is 5.41 Å². The summed E-state index contributed by atoms with van der Waals surface area (Å²) >= 11 is 0. The van der Waals surface area contributed by atoms with Crippen LogP contribution < -0.4 is 11.1 Å². The molecule has 0 spiro atoms. The van der Waals surface area contributed by atoms with E-state index in [0.717, 1.165) is 5.56 Å². The van der Waals surface area contributed by atoms with Crippen LogP contribution in [0.1, 0.15) is 15.9 Å². The number of carboxylic acids is 1. The van der Waals surface area contributed by atoms with Gasteiger partial charge in [-0.2, -0.15) is 0 Å². The number of nitrogens with two attached hydrogens (primary N) is 1. The lowest BCUT2D eigenvalue weighted by atomic mass is 10.1. The minimum atomic E-state index is -0.934. The van der Waals surface area contributed by atoms with Crippen molar-refractivity contribution in [3.05, 3.63) is 35.4 Å². The topological polar surface area (TPSA) is 99.2 Å². The Bertz CT molecular complexity index is 377. The Balaban J connectivity index is 2.58. The van der Waals surface area contributed by atoms with Crippen molar-refractivity contribution in [1.29, 1.82) is 5.41 Å². The molecule has 0 atom stereocenters. The molecule has 5 heteroatoms. The van der Waals surface area contributed by atoms with E-state index in [1.807, 2.05) is 6.07 Å². The zero-order valence-electron chi connectivity index (χ0n) is 8.16. The summed E-state index contributed by atoms with van der Waals surface area (Å²) in [5, 5.41) is 18.4. The Morgan fingerprint density at radius 1 is 1.53 bits per heavy atom. The van der Waals surface area contributed by atoms with Gasteiger partial charge in [0.2, 0.25) is 0 Å². The molecule has 5 N–H and O–H groups in total. The number of aromatic carboxylic acids is 1. The smallest absolute Gasteiger partial charge is 0.335 e. The van der Waals surface area contributed by atoms with Gasteiger partial charge in [0.1, 0.15) is 0 Å². The van der Waals surface area contributed by atoms with Crippen LogP contribution in [-0.4, -0.2) is 23.6 Å². The second kappa shape index (κ2) is 4.99. The normalized spacial score (nSPS) is 9.60. The lowest BCUT2D eigenvalue weighted by Gasteiger charge is -2.04. The minimum absolute atomic E-state index is 0.0793. The molecular formula is C10H13N3O2. The number of carboxylic acid groups (broad SMARTS) is 1. The van der Waals surface area contributed by atoms with Gasteiger partial charge in [-0.05, 0) is 24.1 Å². The fourth-order valence-electron chi connectivity index (χ4n) is 1.20. The second-order valence-electron chi connectivity index (χ2n) is 3.10. The third-order valence-electron chi connectivity index (χ3n) is 1.90. The van der Waals surface area contributed by atoms with Crippen LogP contribution in [-0.2, 0) is 6.42 Å². The average Bonchev–Trinajstić information content (AvgIpc) is 2.17. The first kappa shape index (κ1) is 11.0. The molecule has 0 saturated carbocycles. The summed E-state index contributed by atoms with van der Waals surface area (Å²) in [7, 11) is 0. The van der Waals surface area contributed by atoms with Crippen LogP contribution in [0.4, 0.5) is 0 Å². The number of carbonyl (C=O) groups is 1. The first-order valence-corrected chi connectivity index (χ1v) is 4.49. The Hall–Kier alpha value is -2.04. The maximum absolute atomic E-state index is 10.7. The highest BCUT2D eigenvalue weighted by Gasteiger charge is 2.02. The predicted octanol–water partition coefficient (Wildman–Crippen LogP) is 0.410. The molecule has 0 bridgehead atoms. The van der Waals surface area contributed by atoms with Crippen LogP contribution in [0.2, 0.25) is 0 Å². The number of guanidine groups is 1. The highest BCUT2D eigenvalue weighted by molar-refractivity contribution is 5.87. The standard InChI is InChI=1S/C10H13N3O2/c11-10(12)13-5-4-7-2-1-3-8(6-7)9(14)15/h1-3,6H,4-5H2,(H,14,15)(H4,11,12,13). The molecule has 0 aliphatic heterocycles. The Morgan fingerprint density at radius 2 is 2.27 bits per heavy atom. The van der Waals surface area contributed by atoms with Crippen molar-refractivity contribution in [3.8, 4) is 0 Å². The number of hydrogen-bond donors (Lipinski definition) is 4. The molecule has 15 heavy (non-hydrogen) atoms. The van der Waals surface area contributed by atoms with Gasteiger partial charge in [-0.3, -0.25) is 5.41 Å². The highest BCUT2D eigenvalue weighted by Crippen LogP contribution is 2.05. The van der Waals surface area contributed by atoms with Crippen molar-refractivity contribution in [1.82, 2.24) is 5.32 Å². The van der Waals surface area contributed by atoms with Gasteiger partial charge >= 0.3 is 5.97 Å². The third-order valence-corrected chi connectivity index (χ3v) is 1.90. The first-order valence-electron chi connectivity index (χ1n) is 4.49. The quantitative estimate of drug-likeness (QED) is 0.424. The molecule has 0 aromatic heterocycles. The molecule has 0 amide bonds. The number of rotatable bonds is 4. The van der Waals surface area contributed by atoms with Gasteiger partial charge in [-0.25, -0.2) is 4.79 Å². The third kappa shape index (κ3) is 3.68. The van der Waals surface area contributed by atoms with E-state index < -0.39 is 5.97 Å². The monoisotopic (exact) mass is 207 g/mol. The highest BCUT2D eigenvalue weighted by atomic mass is 16.4. The summed E-state index contributed by atoms with van der Waals surface area (Å²) in [5.74, 6) is -1.01. The molecule has 1 aromatic carbocycles. The van der Waals surface area contributed by atoms with E-state index in [-0.39, 0.29) is 11.5 Å². The first-order chi connectivity index (χ1) is 7.09. The average molecular weight is 207 g/mol. The van der Waals surface area contributed by atoms with Gasteiger partial charge in [-0.1, -0.05) is 12.1 Å². The summed E-state index contributed by atoms with van der Waals surface area (Å²) < 4.78 is 0. The van der Waals surface area contributed by atoms with Gasteiger partial charge < -0.3 is 16.2 Å². The summed E-state index contributed by atoms with van der Waals surface area (Å²) in [6.45, 7) is 0.526. The van der Waals surface area contributed by atoms with Crippen molar-refractivity contribution < 1.29 is 9.90 Å².